The zero-order valence-corrected chi connectivity index (χ0v) is 11.3. The highest BCUT2D eigenvalue weighted by molar-refractivity contribution is 5.78. The maximum Gasteiger partial charge on any atom is 0.134 e. The summed E-state index contributed by atoms with van der Waals surface area (Å²) < 4.78 is 0. The van der Waals surface area contributed by atoms with Crippen LogP contribution in [0.1, 0.15) is 77.6 Å². The molecule has 0 spiro atoms. The van der Waals surface area contributed by atoms with Crippen molar-refractivity contribution in [2.45, 2.75) is 77.6 Å². The van der Waals surface area contributed by atoms with Crippen LogP contribution < -0.4 is 0 Å². The maximum absolute atomic E-state index is 11.7. The number of hydrogen-bond donors (Lipinski definition) is 0. The first-order valence-corrected chi connectivity index (χ1v) is 7.29. The highest BCUT2D eigenvalue weighted by Crippen LogP contribution is 2.13. The van der Waals surface area contributed by atoms with Crippen molar-refractivity contribution in [2.24, 2.45) is 5.92 Å². The van der Waals surface area contributed by atoms with E-state index in [0.29, 0.717) is 12.2 Å². The molecule has 0 aliphatic heterocycles. The minimum Gasteiger partial charge on any atom is -0.300 e. The van der Waals surface area contributed by atoms with Gasteiger partial charge in [-0.3, -0.25) is 4.79 Å². The van der Waals surface area contributed by atoms with E-state index in [1.165, 1.54) is 44.9 Å². The average Bonchev–Trinajstić information content (AvgIpc) is 2.30. The molecular weight excluding hydrogens is 208 g/mol. The fraction of sp³-hybridized carbons (Fsp3) is 0.812. The fourth-order valence-electron chi connectivity index (χ4n) is 2.34. The first kappa shape index (κ1) is 14.3. The van der Waals surface area contributed by atoms with Gasteiger partial charge in [-0.2, -0.15) is 0 Å². The third-order valence-corrected chi connectivity index (χ3v) is 3.39. The molecule has 1 rings (SSSR count). The number of hydrogen-bond acceptors (Lipinski definition) is 1. The van der Waals surface area contributed by atoms with E-state index in [-0.39, 0.29) is 5.92 Å². The Bertz CT molecular complexity index is 269. The van der Waals surface area contributed by atoms with Gasteiger partial charge in [0.2, 0.25) is 0 Å². The van der Waals surface area contributed by atoms with Gasteiger partial charge in [0.15, 0.2) is 0 Å². The number of carbonyl (C=O) groups excluding carboxylic acids is 1. The molecule has 1 aliphatic carbocycles. The zero-order chi connectivity index (χ0) is 12.3. The van der Waals surface area contributed by atoms with Crippen LogP contribution in [0, 0.1) is 17.8 Å². The summed E-state index contributed by atoms with van der Waals surface area (Å²) in [5, 5.41) is 0. The number of rotatable bonds is 0. The summed E-state index contributed by atoms with van der Waals surface area (Å²) in [7, 11) is 0. The molecule has 1 nitrogen and oxygen atoms in total. The van der Waals surface area contributed by atoms with Gasteiger partial charge in [0.1, 0.15) is 5.78 Å². The number of carbonyl (C=O) groups is 1. The largest absolute Gasteiger partial charge is 0.300 e. The van der Waals surface area contributed by atoms with Crippen LogP contribution in [0.2, 0.25) is 0 Å². The molecule has 0 aromatic heterocycles. The van der Waals surface area contributed by atoms with Crippen molar-refractivity contribution in [2.75, 3.05) is 0 Å². The molecule has 17 heavy (non-hydrogen) atoms. The minimum absolute atomic E-state index is 0.257. The van der Waals surface area contributed by atoms with E-state index in [0.717, 1.165) is 19.3 Å². The SMILES string of the molecule is CC1C#CCCCCCCCCCCC(=O)C1. The van der Waals surface area contributed by atoms with Gasteiger partial charge in [-0.1, -0.05) is 51.4 Å². The molecule has 0 aromatic rings. The van der Waals surface area contributed by atoms with Crippen LogP contribution in [0.3, 0.4) is 0 Å². The van der Waals surface area contributed by atoms with Gasteiger partial charge in [-0.15, -0.1) is 5.92 Å². The Morgan fingerprint density at radius 1 is 0.941 bits per heavy atom. The number of ketones is 1. The Kier molecular flexibility index (Phi) is 7.80. The summed E-state index contributed by atoms with van der Waals surface area (Å²) in [6.07, 6.45) is 12.7. The predicted octanol–water partition coefficient (Wildman–Crippen LogP) is 4.50. The average molecular weight is 234 g/mol. The van der Waals surface area contributed by atoms with Gasteiger partial charge in [-0.25, -0.2) is 0 Å². The first-order valence-electron chi connectivity index (χ1n) is 7.29. The lowest BCUT2D eigenvalue weighted by atomic mass is 10.0. The van der Waals surface area contributed by atoms with E-state index in [1.54, 1.807) is 0 Å². The molecule has 0 saturated heterocycles. The monoisotopic (exact) mass is 234 g/mol. The van der Waals surface area contributed by atoms with Gasteiger partial charge < -0.3 is 0 Å². The molecule has 0 heterocycles. The summed E-state index contributed by atoms with van der Waals surface area (Å²) >= 11 is 0. The quantitative estimate of drug-likeness (QED) is 0.564. The van der Waals surface area contributed by atoms with Crippen LogP contribution in [0.4, 0.5) is 0 Å². The van der Waals surface area contributed by atoms with Crippen molar-refractivity contribution in [1.29, 1.82) is 0 Å². The number of Topliss-reactive ketones (excluding diaryl/α,β-unsaturated/α-hetero) is 1. The molecule has 96 valence electrons. The Labute approximate surface area is 106 Å². The highest BCUT2D eigenvalue weighted by Gasteiger charge is 2.06. The van der Waals surface area contributed by atoms with E-state index in [9.17, 15) is 4.79 Å². The smallest absolute Gasteiger partial charge is 0.134 e. The molecule has 0 N–H and O–H groups in total. The molecule has 1 atom stereocenters. The third-order valence-electron chi connectivity index (χ3n) is 3.39. The van der Waals surface area contributed by atoms with Crippen LogP contribution in [0.5, 0.6) is 0 Å². The Morgan fingerprint density at radius 2 is 1.53 bits per heavy atom. The molecule has 0 amide bonds. The second-order valence-electron chi connectivity index (χ2n) is 5.29. The second-order valence-corrected chi connectivity index (χ2v) is 5.29. The fourth-order valence-corrected chi connectivity index (χ4v) is 2.34. The van der Waals surface area contributed by atoms with E-state index < -0.39 is 0 Å². The van der Waals surface area contributed by atoms with Gasteiger partial charge in [0.25, 0.3) is 0 Å². The van der Waals surface area contributed by atoms with Crippen molar-refractivity contribution in [3.63, 3.8) is 0 Å². The maximum atomic E-state index is 11.7. The molecular formula is C16H26O. The predicted molar refractivity (Wildman–Crippen MR) is 72.7 cm³/mol. The molecule has 0 fully saturated rings. The molecule has 0 aromatic carbocycles. The van der Waals surface area contributed by atoms with Gasteiger partial charge in [0, 0.05) is 25.2 Å². The normalized spacial score (nSPS) is 25.2. The lowest BCUT2D eigenvalue weighted by molar-refractivity contribution is -0.119. The highest BCUT2D eigenvalue weighted by atomic mass is 16.1. The Balaban J connectivity index is 2.34. The Hall–Kier alpha value is -0.770. The topological polar surface area (TPSA) is 17.1 Å². The van der Waals surface area contributed by atoms with E-state index in [1.807, 2.05) is 0 Å². The van der Waals surface area contributed by atoms with Crippen LogP contribution in [-0.2, 0) is 4.79 Å². The molecule has 1 unspecified atom stereocenters. The lowest BCUT2D eigenvalue weighted by Crippen LogP contribution is -2.03. The van der Waals surface area contributed by atoms with Crippen LogP contribution in [-0.4, -0.2) is 5.78 Å². The van der Waals surface area contributed by atoms with E-state index in [4.69, 9.17) is 0 Å². The van der Waals surface area contributed by atoms with Gasteiger partial charge >= 0.3 is 0 Å². The van der Waals surface area contributed by atoms with Crippen LogP contribution >= 0.6 is 0 Å². The van der Waals surface area contributed by atoms with E-state index >= 15 is 0 Å². The summed E-state index contributed by atoms with van der Waals surface area (Å²) in [5.41, 5.74) is 0. The standard InChI is InChI=1S/C16H26O/c1-15-12-10-8-6-4-2-3-5-7-9-11-13-16(17)14-15/h15H,2-9,11,13-14H2,1H3. The first-order chi connectivity index (χ1) is 8.29. The van der Waals surface area contributed by atoms with Crippen LogP contribution in [0.15, 0.2) is 0 Å². The summed E-state index contributed by atoms with van der Waals surface area (Å²) in [4.78, 5) is 11.7. The van der Waals surface area contributed by atoms with Crippen molar-refractivity contribution >= 4 is 5.78 Å². The van der Waals surface area contributed by atoms with Crippen molar-refractivity contribution in [3.8, 4) is 11.8 Å². The van der Waals surface area contributed by atoms with Gasteiger partial charge in [0.05, 0.1) is 0 Å². The molecule has 0 radical (unpaired) electrons. The Morgan fingerprint density at radius 3 is 2.24 bits per heavy atom. The minimum atomic E-state index is 0.257. The van der Waals surface area contributed by atoms with Crippen molar-refractivity contribution in [1.82, 2.24) is 0 Å². The zero-order valence-electron chi connectivity index (χ0n) is 11.3. The second kappa shape index (κ2) is 9.28. The lowest BCUT2D eigenvalue weighted by Gasteiger charge is -2.03. The van der Waals surface area contributed by atoms with Gasteiger partial charge in [-0.05, 0) is 12.8 Å². The molecule has 0 bridgehead atoms. The molecule has 0 saturated carbocycles. The molecule has 1 aliphatic rings. The third kappa shape index (κ3) is 8.02. The van der Waals surface area contributed by atoms with Crippen LogP contribution in [0.25, 0.3) is 0 Å². The summed E-state index contributed by atoms with van der Waals surface area (Å²) in [6, 6.07) is 0. The summed E-state index contributed by atoms with van der Waals surface area (Å²) in [5.74, 6) is 7.10. The van der Waals surface area contributed by atoms with Crippen molar-refractivity contribution in [3.05, 3.63) is 0 Å². The summed E-state index contributed by atoms with van der Waals surface area (Å²) in [6.45, 7) is 2.07. The molecule has 1 heteroatoms. The van der Waals surface area contributed by atoms with Crippen molar-refractivity contribution < 1.29 is 4.79 Å². The van der Waals surface area contributed by atoms with E-state index in [2.05, 4.69) is 18.8 Å².